The second kappa shape index (κ2) is 5.38. The molecule has 5 heteroatoms. The van der Waals surface area contributed by atoms with Crippen LogP contribution in [0.4, 0.5) is 0 Å². The van der Waals surface area contributed by atoms with E-state index in [1.165, 1.54) is 12.1 Å². The van der Waals surface area contributed by atoms with Gasteiger partial charge in [0.25, 0.3) is 0 Å². The van der Waals surface area contributed by atoms with Crippen LogP contribution >= 0.6 is 24.2 Å². The van der Waals surface area contributed by atoms with E-state index in [2.05, 4.69) is 12.6 Å². The Labute approximate surface area is 98.3 Å². The predicted octanol–water partition coefficient (Wildman–Crippen LogP) is 1.54. The van der Waals surface area contributed by atoms with E-state index in [0.717, 1.165) is 0 Å². The zero-order chi connectivity index (χ0) is 11.4. The monoisotopic (exact) mass is 243 g/mol. The van der Waals surface area contributed by atoms with Crippen LogP contribution in [-0.2, 0) is 0 Å². The summed E-state index contributed by atoms with van der Waals surface area (Å²) in [5.41, 5.74) is 0.624. The summed E-state index contributed by atoms with van der Waals surface area (Å²) in [6.07, 6.45) is -2.11. The van der Waals surface area contributed by atoms with E-state index in [0.29, 0.717) is 10.6 Å². The molecule has 2 atom stereocenters. The number of halogens is 1. The van der Waals surface area contributed by atoms with Crippen molar-refractivity contribution in [3.8, 4) is 6.07 Å². The first-order chi connectivity index (χ1) is 7.10. The zero-order valence-corrected chi connectivity index (χ0v) is 9.41. The summed E-state index contributed by atoms with van der Waals surface area (Å²) in [6, 6.07) is 6.45. The third kappa shape index (κ3) is 2.86. The summed E-state index contributed by atoms with van der Waals surface area (Å²) < 4.78 is 0. The SMILES string of the molecule is N#Cc1cc(Cl)ccc1C(O)C(O)CS. The highest BCUT2D eigenvalue weighted by Crippen LogP contribution is 2.24. The van der Waals surface area contributed by atoms with Crippen molar-refractivity contribution in [2.75, 3.05) is 5.75 Å². The Morgan fingerprint density at radius 2 is 2.13 bits per heavy atom. The topological polar surface area (TPSA) is 64.2 Å². The molecule has 0 saturated carbocycles. The quantitative estimate of drug-likeness (QED) is 0.706. The second-order valence-corrected chi connectivity index (χ2v) is 3.84. The third-order valence-corrected chi connectivity index (χ3v) is 2.62. The first kappa shape index (κ1) is 12.3. The fraction of sp³-hybridized carbons (Fsp3) is 0.300. The van der Waals surface area contributed by atoms with Crippen molar-refractivity contribution in [3.63, 3.8) is 0 Å². The summed E-state index contributed by atoms with van der Waals surface area (Å²) in [5.74, 6) is 0.120. The molecule has 1 aromatic rings. The minimum absolute atomic E-state index is 0.120. The van der Waals surface area contributed by atoms with Crippen molar-refractivity contribution in [1.82, 2.24) is 0 Å². The third-order valence-electron chi connectivity index (χ3n) is 2.01. The van der Waals surface area contributed by atoms with Crippen LogP contribution in [0.15, 0.2) is 18.2 Å². The van der Waals surface area contributed by atoms with Gasteiger partial charge < -0.3 is 10.2 Å². The molecule has 80 valence electrons. The number of hydrogen-bond acceptors (Lipinski definition) is 4. The molecule has 0 saturated heterocycles. The highest BCUT2D eigenvalue weighted by molar-refractivity contribution is 7.80. The van der Waals surface area contributed by atoms with E-state index < -0.39 is 12.2 Å². The van der Waals surface area contributed by atoms with E-state index >= 15 is 0 Å². The van der Waals surface area contributed by atoms with Gasteiger partial charge in [-0.25, -0.2) is 0 Å². The minimum Gasteiger partial charge on any atom is -0.389 e. The largest absolute Gasteiger partial charge is 0.389 e. The lowest BCUT2D eigenvalue weighted by Crippen LogP contribution is -2.20. The molecule has 1 aromatic carbocycles. The summed E-state index contributed by atoms with van der Waals surface area (Å²) in [5, 5.41) is 28.3. The van der Waals surface area contributed by atoms with Crippen LogP contribution < -0.4 is 0 Å². The van der Waals surface area contributed by atoms with Crippen molar-refractivity contribution >= 4 is 24.2 Å². The molecule has 2 N–H and O–H groups in total. The minimum atomic E-state index is -1.12. The number of aliphatic hydroxyl groups is 2. The van der Waals surface area contributed by atoms with E-state index in [-0.39, 0.29) is 11.3 Å². The molecular formula is C10H10ClNO2S. The van der Waals surface area contributed by atoms with Crippen LogP contribution in [0.3, 0.4) is 0 Å². The molecule has 0 aliphatic rings. The van der Waals surface area contributed by atoms with Gasteiger partial charge in [0.05, 0.1) is 17.7 Å². The molecular weight excluding hydrogens is 234 g/mol. The smallest absolute Gasteiger partial charge is 0.107 e. The molecule has 0 aromatic heterocycles. The van der Waals surface area contributed by atoms with Crippen LogP contribution in [-0.4, -0.2) is 22.1 Å². The fourth-order valence-electron chi connectivity index (χ4n) is 1.19. The average Bonchev–Trinajstić information content (AvgIpc) is 2.26. The van der Waals surface area contributed by atoms with Gasteiger partial charge in [0.1, 0.15) is 6.10 Å². The normalized spacial score (nSPS) is 14.3. The highest BCUT2D eigenvalue weighted by atomic mass is 35.5. The molecule has 2 unspecified atom stereocenters. The molecule has 0 aliphatic carbocycles. The summed E-state index contributed by atoms with van der Waals surface area (Å²) in [6.45, 7) is 0. The number of rotatable bonds is 3. The maximum Gasteiger partial charge on any atom is 0.107 e. The lowest BCUT2D eigenvalue weighted by atomic mass is 10.00. The number of benzene rings is 1. The zero-order valence-electron chi connectivity index (χ0n) is 7.76. The van der Waals surface area contributed by atoms with Gasteiger partial charge in [-0.1, -0.05) is 17.7 Å². The van der Waals surface area contributed by atoms with Gasteiger partial charge >= 0.3 is 0 Å². The van der Waals surface area contributed by atoms with Gasteiger partial charge in [0.15, 0.2) is 0 Å². The Hall–Kier alpha value is -0.730. The van der Waals surface area contributed by atoms with E-state index in [9.17, 15) is 10.2 Å². The summed E-state index contributed by atoms with van der Waals surface area (Å²) in [4.78, 5) is 0. The fourth-order valence-corrected chi connectivity index (χ4v) is 1.56. The number of aliphatic hydroxyl groups excluding tert-OH is 2. The van der Waals surface area contributed by atoms with Crippen molar-refractivity contribution in [2.45, 2.75) is 12.2 Å². The summed E-state index contributed by atoms with van der Waals surface area (Å²) in [7, 11) is 0. The van der Waals surface area contributed by atoms with Crippen molar-refractivity contribution in [1.29, 1.82) is 5.26 Å². The van der Waals surface area contributed by atoms with Crippen LogP contribution in [0, 0.1) is 11.3 Å². The van der Waals surface area contributed by atoms with Gasteiger partial charge in [-0.15, -0.1) is 0 Å². The molecule has 1 rings (SSSR count). The van der Waals surface area contributed by atoms with Crippen LogP contribution in [0.2, 0.25) is 5.02 Å². The molecule has 0 amide bonds. The maximum atomic E-state index is 9.70. The number of nitriles is 1. The molecule has 0 fully saturated rings. The van der Waals surface area contributed by atoms with E-state index in [1.54, 1.807) is 6.07 Å². The first-order valence-corrected chi connectivity index (χ1v) is 5.27. The van der Waals surface area contributed by atoms with Crippen LogP contribution in [0.1, 0.15) is 17.2 Å². The van der Waals surface area contributed by atoms with Crippen molar-refractivity contribution in [3.05, 3.63) is 34.3 Å². The van der Waals surface area contributed by atoms with Crippen LogP contribution in [0.25, 0.3) is 0 Å². The maximum absolute atomic E-state index is 9.70. The predicted molar refractivity (Wildman–Crippen MR) is 61.0 cm³/mol. The van der Waals surface area contributed by atoms with Gasteiger partial charge in [-0.05, 0) is 12.1 Å². The number of thiol groups is 1. The van der Waals surface area contributed by atoms with E-state index in [4.69, 9.17) is 16.9 Å². The lowest BCUT2D eigenvalue weighted by Gasteiger charge is -2.17. The Kier molecular flexibility index (Phi) is 4.43. The molecule has 0 spiro atoms. The van der Waals surface area contributed by atoms with E-state index in [1.807, 2.05) is 6.07 Å². The van der Waals surface area contributed by atoms with Crippen molar-refractivity contribution < 1.29 is 10.2 Å². The van der Waals surface area contributed by atoms with Crippen LogP contribution in [0.5, 0.6) is 0 Å². The van der Waals surface area contributed by atoms with Gasteiger partial charge in [-0.2, -0.15) is 17.9 Å². The Morgan fingerprint density at radius 1 is 1.47 bits per heavy atom. The Morgan fingerprint density at radius 3 is 2.67 bits per heavy atom. The summed E-state index contributed by atoms with van der Waals surface area (Å²) >= 11 is 9.57. The molecule has 0 radical (unpaired) electrons. The Bertz CT molecular complexity index is 391. The van der Waals surface area contributed by atoms with Gasteiger partial charge in [-0.3, -0.25) is 0 Å². The van der Waals surface area contributed by atoms with Gasteiger partial charge in [0, 0.05) is 16.3 Å². The molecule has 0 heterocycles. The molecule has 15 heavy (non-hydrogen) atoms. The second-order valence-electron chi connectivity index (χ2n) is 3.04. The highest BCUT2D eigenvalue weighted by Gasteiger charge is 2.19. The molecule has 0 aliphatic heterocycles. The molecule has 0 bridgehead atoms. The molecule has 3 nitrogen and oxygen atoms in total. The van der Waals surface area contributed by atoms with Gasteiger partial charge in [0.2, 0.25) is 0 Å². The number of nitrogens with zero attached hydrogens (tertiary/aromatic N) is 1. The number of hydrogen-bond donors (Lipinski definition) is 3. The average molecular weight is 244 g/mol. The first-order valence-electron chi connectivity index (χ1n) is 4.26. The standard InChI is InChI=1S/C10H10ClNO2S/c11-7-1-2-8(6(3-7)4-12)10(14)9(13)5-15/h1-3,9-10,13-15H,5H2. The Balaban J connectivity index is 3.09. The lowest BCUT2D eigenvalue weighted by molar-refractivity contribution is 0.0336. The van der Waals surface area contributed by atoms with Crippen molar-refractivity contribution in [2.24, 2.45) is 0 Å².